The monoisotopic (exact) mass is 296 g/mol. The Morgan fingerprint density at radius 2 is 1.36 bits per heavy atom. The maximum atomic E-state index is 11.4. The molecule has 1 heterocycles. The van der Waals surface area contributed by atoms with E-state index in [0.29, 0.717) is 5.56 Å². The lowest BCUT2D eigenvalue weighted by Gasteiger charge is -2.38. The van der Waals surface area contributed by atoms with Gasteiger partial charge in [-0.25, -0.2) is 4.79 Å². The quantitative estimate of drug-likeness (QED) is 0.945. The Morgan fingerprint density at radius 3 is 1.95 bits per heavy atom. The second kappa shape index (κ2) is 6.10. The zero-order valence-electron chi connectivity index (χ0n) is 12.7. The van der Waals surface area contributed by atoms with E-state index in [9.17, 15) is 9.90 Å². The van der Waals surface area contributed by atoms with Gasteiger partial charge in [0.1, 0.15) is 0 Å². The summed E-state index contributed by atoms with van der Waals surface area (Å²) < 4.78 is 0. The first kappa shape index (κ1) is 14.4. The highest BCUT2D eigenvalue weighted by atomic mass is 16.4. The topological polar surface area (TPSA) is 43.8 Å². The van der Waals surface area contributed by atoms with Crippen LogP contribution in [0.15, 0.2) is 48.5 Å². The number of aromatic carboxylic acids is 1. The van der Waals surface area contributed by atoms with Gasteiger partial charge in [-0.2, -0.15) is 0 Å². The molecule has 4 nitrogen and oxygen atoms in total. The van der Waals surface area contributed by atoms with E-state index in [1.807, 2.05) is 12.1 Å². The number of hydrogen-bond acceptors (Lipinski definition) is 3. The molecule has 114 valence electrons. The van der Waals surface area contributed by atoms with Gasteiger partial charge in [-0.1, -0.05) is 30.3 Å². The second-order valence-corrected chi connectivity index (χ2v) is 5.58. The van der Waals surface area contributed by atoms with Gasteiger partial charge in [-0.05, 0) is 30.7 Å². The van der Waals surface area contributed by atoms with Crippen molar-refractivity contribution in [2.24, 2.45) is 0 Å². The van der Waals surface area contributed by atoms with Crippen LogP contribution in [0.4, 0.5) is 11.4 Å². The van der Waals surface area contributed by atoms with Crippen LogP contribution in [0.5, 0.6) is 0 Å². The Hall–Kier alpha value is -2.49. The average molecular weight is 296 g/mol. The summed E-state index contributed by atoms with van der Waals surface area (Å²) in [7, 11) is 0. The first-order valence-electron chi connectivity index (χ1n) is 7.54. The van der Waals surface area contributed by atoms with Crippen molar-refractivity contribution in [2.75, 3.05) is 36.0 Å². The maximum Gasteiger partial charge on any atom is 0.337 e. The molecule has 3 rings (SSSR count). The molecule has 0 aromatic heterocycles. The number of nitrogens with zero attached hydrogens (tertiary/aromatic N) is 2. The molecule has 1 aliphatic heterocycles. The molecule has 1 aliphatic rings. The molecule has 0 unspecified atom stereocenters. The van der Waals surface area contributed by atoms with E-state index in [1.54, 1.807) is 12.1 Å². The van der Waals surface area contributed by atoms with Crippen LogP contribution in [0.3, 0.4) is 0 Å². The lowest BCUT2D eigenvalue weighted by Crippen LogP contribution is -2.47. The van der Waals surface area contributed by atoms with Crippen molar-refractivity contribution in [3.8, 4) is 0 Å². The standard InChI is InChI=1S/C18H20N2O2/c1-14-6-2-4-8-16(14)19-10-12-20(13-11-19)17-9-5-3-7-15(17)18(21)22/h2-9H,10-13H2,1H3,(H,21,22). The predicted octanol–water partition coefficient (Wildman–Crippen LogP) is 3.02. The number of para-hydroxylation sites is 2. The summed E-state index contributed by atoms with van der Waals surface area (Å²) in [5.74, 6) is -0.864. The van der Waals surface area contributed by atoms with Crippen molar-refractivity contribution < 1.29 is 9.90 Å². The SMILES string of the molecule is Cc1ccccc1N1CCN(c2ccccc2C(=O)O)CC1. The lowest BCUT2D eigenvalue weighted by molar-refractivity contribution is 0.0697. The van der Waals surface area contributed by atoms with E-state index >= 15 is 0 Å². The molecule has 0 saturated carbocycles. The fourth-order valence-corrected chi connectivity index (χ4v) is 3.04. The number of hydrogen-bond donors (Lipinski definition) is 1. The summed E-state index contributed by atoms with van der Waals surface area (Å²) >= 11 is 0. The van der Waals surface area contributed by atoms with Crippen LogP contribution < -0.4 is 9.80 Å². The maximum absolute atomic E-state index is 11.4. The van der Waals surface area contributed by atoms with Crippen molar-refractivity contribution in [3.63, 3.8) is 0 Å². The van der Waals surface area contributed by atoms with Crippen LogP contribution in [-0.4, -0.2) is 37.3 Å². The van der Waals surface area contributed by atoms with E-state index < -0.39 is 5.97 Å². The van der Waals surface area contributed by atoms with Gasteiger partial charge in [0.2, 0.25) is 0 Å². The summed E-state index contributed by atoms with van der Waals surface area (Å²) in [5.41, 5.74) is 3.75. The average Bonchev–Trinajstić information content (AvgIpc) is 2.55. The summed E-state index contributed by atoms with van der Waals surface area (Å²) in [6, 6.07) is 15.6. The Kier molecular flexibility index (Phi) is 4.00. The first-order chi connectivity index (χ1) is 10.7. The number of anilines is 2. The zero-order chi connectivity index (χ0) is 15.5. The van der Waals surface area contributed by atoms with Crippen molar-refractivity contribution in [2.45, 2.75) is 6.92 Å². The Balaban J connectivity index is 1.75. The van der Waals surface area contributed by atoms with Crippen LogP contribution in [0.1, 0.15) is 15.9 Å². The van der Waals surface area contributed by atoms with Gasteiger partial charge < -0.3 is 14.9 Å². The molecule has 0 amide bonds. The van der Waals surface area contributed by atoms with Crippen LogP contribution >= 0.6 is 0 Å². The Labute approximate surface area is 130 Å². The highest BCUT2D eigenvalue weighted by Crippen LogP contribution is 2.25. The number of rotatable bonds is 3. The van der Waals surface area contributed by atoms with E-state index in [2.05, 4.69) is 41.0 Å². The summed E-state index contributed by atoms with van der Waals surface area (Å²) in [5, 5.41) is 9.33. The van der Waals surface area contributed by atoms with Crippen LogP contribution in [0, 0.1) is 6.92 Å². The number of aryl methyl sites for hydroxylation is 1. The highest BCUT2D eigenvalue weighted by Gasteiger charge is 2.21. The second-order valence-electron chi connectivity index (χ2n) is 5.58. The van der Waals surface area contributed by atoms with Crippen molar-refractivity contribution >= 4 is 17.3 Å². The van der Waals surface area contributed by atoms with E-state index in [-0.39, 0.29) is 0 Å². The van der Waals surface area contributed by atoms with E-state index in [1.165, 1.54) is 11.3 Å². The summed E-state index contributed by atoms with van der Waals surface area (Å²) in [4.78, 5) is 15.9. The number of carboxylic acid groups (broad SMARTS) is 1. The molecule has 1 fully saturated rings. The van der Waals surface area contributed by atoms with Gasteiger partial charge in [-0.15, -0.1) is 0 Å². The van der Waals surface area contributed by atoms with Crippen LogP contribution in [-0.2, 0) is 0 Å². The van der Waals surface area contributed by atoms with Crippen LogP contribution in [0.25, 0.3) is 0 Å². The molecule has 2 aromatic rings. The molecule has 0 bridgehead atoms. The third-order valence-corrected chi connectivity index (χ3v) is 4.21. The third-order valence-electron chi connectivity index (χ3n) is 4.21. The molecule has 0 atom stereocenters. The summed E-state index contributed by atoms with van der Waals surface area (Å²) in [6.45, 7) is 5.59. The number of carbonyl (C=O) groups is 1. The Morgan fingerprint density at radius 1 is 0.864 bits per heavy atom. The molecule has 0 radical (unpaired) electrons. The van der Waals surface area contributed by atoms with Crippen molar-refractivity contribution in [1.29, 1.82) is 0 Å². The number of piperazine rings is 1. The minimum Gasteiger partial charge on any atom is -0.478 e. The Bertz CT molecular complexity index is 676. The smallest absolute Gasteiger partial charge is 0.337 e. The molecular formula is C18H20N2O2. The van der Waals surface area contributed by atoms with Gasteiger partial charge >= 0.3 is 5.97 Å². The normalized spacial score (nSPS) is 15.0. The lowest BCUT2D eigenvalue weighted by atomic mass is 10.1. The largest absolute Gasteiger partial charge is 0.478 e. The van der Waals surface area contributed by atoms with Gasteiger partial charge in [0, 0.05) is 31.9 Å². The molecule has 1 N–H and O–H groups in total. The molecule has 0 aliphatic carbocycles. The predicted molar refractivity (Wildman–Crippen MR) is 89.0 cm³/mol. The molecule has 22 heavy (non-hydrogen) atoms. The zero-order valence-corrected chi connectivity index (χ0v) is 12.7. The van der Waals surface area contributed by atoms with E-state index in [4.69, 9.17) is 0 Å². The molecule has 4 heteroatoms. The number of carboxylic acids is 1. The van der Waals surface area contributed by atoms with E-state index in [0.717, 1.165) is 31.9 Å². The fourth-order valence-electron chi connectivity index (χ4n) is 3.04. The molecule has 2 aromatic carbocycles. The minimum atomic E-state index is -0.864. The fraction of sp³-hybridized carbons (Fsp3) is 0.278. The molecule has 0 spiro atoms. The van der Waals surface area contributed by atoms with Gasteiger partial charge in [-0.3, -0.25) is 0 Å². The van der Waals surface area contributed by atoms with Gasteiger partial charge in [0.05, 0.1) is 11.3 Å². The first-order valence-corrected chi connectivity index (χ1v) is 7.54. The third kappa shape index (κ3) is 2.77. The van der Waals surface area contributed by atoms with Gasteiger partial charge in [0.25, 0.3) is 0 Å². The summed E-state index contributed by atoms with van der Waals surface area (Å²) in [6.07, 6.45) is 0. The minimum absolute atomic E-state index is 0.381. The number of benzene rings is 2. The van der Waals surface area contributed by atoms with Gasteiger partial charge in [0.15, 0.2) is 0 Å². The van der Waals surface area contributed by atoms with Crippen molar-refractivity contribution in [1.82, 2.24) is 0 Å². The highest BCUT2D eigenvalue weighted by molar-refractivity contribution is 5.94. The van der Waals surface area contributed by atoms with Crippen molar-refractivity contribution in [3.05, 3.63) is 59.7 Å². The molecular weight excluding hydrogens is 276 g/mol. The molecule has 1 saturated heterocycles. The van der Waals surface area contributed by atoms with Crippen LogP contribution in [0.2, 0.25) is 0 Å².